The summed E-state index contributed by atoms with van der Waals surface area (Å²) >= 11 is 0. The van der Waals surface area contributed by atoms with E-state index in [1.54, 1.807) is 13.8 Å². The first-order chi connectivity index (χ1) is 7.69. The normalized spacial score (nSPS) is 22.6. The van der Waals surface area contributed by atoms with Gasteiger partial charge in [-0.3, -0.25) is 14.5 Å². The van der Waals surface area contributed by atoms with E-state index in [0.717, 1.165) is 19.5 Å². The molecule has 92 valence electrons. The molecule has 2 atom stereocenters. The van der Waals surface area contributed by atoms with Crippen molar-refractivity contribution in [2.75, 3.05) is 26.3 Å². The first-order valence-electron chi connectivity index (χ1n) is 5.75. The summed E-state index contributed by atoms with van der Waals surface area (Å²) in [6, 6.07) is -0.0813. The van der Waals surface area contributed by atoms with Crippen molar-refractivity contribution in [2.24, 2.45) is 0 Å². The maximum Gasteiger partial charge on any atom is 0.324 e. The van der Waals surface area contributed by atoms with Crippen molar-refractivity contribution in [2.45, 2.75) is 32.7 Å². The number of esters is 2. The Morgan fingerprint density at radius 2 is 1.94 bits per heavy atom. The minimum absolute atomic E-state index is 0.0813. The average molecular weight is 229 g/mol. The van der Waals surface area contributed by atoms with Crippen LogP contribution in [0.25, 0.3) is 0 Å². The van der Waals surface area contributed by atoms with Crippen LogP contribution in [0.4, 0.5) is 0 Å². The fourth-order valence-electron chi connectivity index (χ4n) is 1.54. The molecule has 0 spiro atoms. The van der Waals surface area contributed by atoms with Gasteiger partial charge in [-0.05, 0) is 26.8 Å². The van der Waals surface area contributed by atoms with Crippen molar-refractivity contribution < 1.29 is 19.1 Å². The summed E-state index contributed by atoms with van der Waals surface area (Å²) in [5.41, 5.74) is 0. The SMILES string of the molecule is CCOC(=O)CCCN1C[C@H]1C(=O)OCC. The third-order valence-electron chi connectivity index (χ3n) is 2.40. The molecule has 0 aromatic heterocycles. The van der Waals surface area contributed by atoms with E-state index in [2.05, 4.69) is 0 Å². The largest absolute Gasteiger partial charge is 0.466 e. The zero-order valence-electron chi connectivity index (χ0n) is 9.90. The molecule has 0 N–H and O–H groups in total. The molecule has 0 aromatic rings. The summed E-state index contributed by atoms with van der Waals surface area (Å²) in [4.78, 5) is 24.3. The van der Waals surface area contributed by atoms with Crippen LogP contribution in [0.3, 0.4) is 0 Å². The standard InChI is InChI=1S/C11H19NO4/c1-3-15-10(13)6-5-7-12-8-9(12)11(14)16-4-2/h9H,3-8H2,1-2H3/t9-,12?/m0/s1. The maximum atomic E-state index is 11.3. The topological polar surface area (TPSA) is 55.6 Å². The molecule has 0 bridgehead atoms. The van der Waals surface area contributed by atoms with Gasteiger partial charge in [-0.2, -0.15) is 0 Å². The molecule has 5 heteroatoms. The predicted octanol–water partition coefficient (Wildman–Crippen LogP) is 0.577. The zero-order valence-corrected chi connectivity index (χ0v) is 9.90. The molecular weight excluding hydrogens is 210 g/mol. The van der Waals surface area contributed by atoms with Crippen LogP contribution in [0.15, 0.2) is 0 Å². The van der Waals surface area contributed by atoms with Gasteiger partial charge in [0.2, 0.25) is 0 Å². The van der Waals surface area contributed by atoms with Crippen molar-refractivity contribution in [3.8, 4) is 0 Å². The molecule has 1 aliphatic heterocycles. The van der Waals surface area contributed by atoms with Gasteiger partial charge in [-0.15, -0.1) is 0 Å². The molecule has 0 saturated carbocycles. The van der Waals surface area contributed by atoms with Gasteiger partial charge in [-0.25, -0.2) is 0 Å². The first kappa shape index (κ1) is 13.0. The van der Waals surface area contributed by atoms with E-state index in [1.807, 2.05) is 4.90 Å². The summed E-state index contributed by atoms with van der Waals surface area (Å²) in [6.45, 7) is 5.94. The minimum Gasteiger partial charge on any atom is -0.466 e. The highest BCUT2D eigenvalue weighted by Gasteiger charge is 2.40. The lowest BCUT2D eigenvalue weighted by molar-refractivity contribution is -0.143. The number of ether oxygens (including phenoxy) is 2. The highest BCUT2D eigenvalue weighted by atomic mass is 16.5. The quantitative estimate of drug-likeness (QED) is 0.472. The maximum absolute atomic E-state index is 11.3. The van der Waals surface area contributed by atoms with Crippen LogP contribution >= 0.6 is 0 Å². The minimum atomic E-state index is -0.169. The predicted molar refractivity (Wildman–Crippen MR) is 57.9 cm³/mol. The molecule has 0 amide bonds. The molecule has 1 rings (SSSR count). The van der Waals surface area contributed by atoms with E-state index in [1.165, 1.54) is 0 Å². The van der Waals surface area contributed by atoms with Crippen LogP contribution in [0.1, 0.15) is 26.7 Å². The van der Waals surface area contributed by atoms with Gasteiger partial charge < -0.3 is 9.47 Å². The molecule has 5 nitrogen and oxygen atoms in total. The molecule has 0 aromatic carbocycles. The summed E-state index contributed by atoms with van der Waals surface area (Å²) in [5, 5.41) is 0. The van der Waals surface area contributed by atoms with Crippen molar-refractivity contribution in [3.05, 3.63) is 0 Å². The number of rotatable bonds is 7. The van der Waals surface area contributed by atoms with Crippen LogP contribution in [0.2, 0.25) is 0 Å². The average Bonchev–Trinajstić information content (AvgIpc) is 2.98. The van der Waals surface area contributed by atoms with Gasteiger partial charge in [0.05, 0.1) is 13.2 Å². The second kappa shape index (κ2) is 6.48. The smallest absolute Gasteiger partial charge is 0.324 e. The highest BCUT2D eigenvalue weighted by molar-refractivity contribution is 5.79. The number of carbonyl (C=O) groups excluding carboxylic acids is 2. The Kier molecular flexibility index (Phi) is 5.25. The van der Waals surface area contributed by atoms with Gasteiger partial charge in [0.1, 0.15) is 6.04 Å². The fraction of sp³-hybridized carbons (Fsp3) is 0.818. The van der Waals surface area contributed by atoms with E-state index in [0.29, 0.717) is 19.6 Å². The molecule has 0 aliphatic carbocycles. The van der Waals surface area contributed by atoms with Gasteiger partial charge in [0.15, 0.2) is 0 Å². The van der Waals surface area contributed by atoms with Gasteiger partial charge >= 0.3 is 11.9 Å². The molecule has 16 heavy (non-hydrogen) atoms. The first-order valence-corrected chi connectivity index (χ1v) is 5.75. The Morgan fingerprint density at radius 3 is 2.56 bits per heavy atom. The molecule has 1 aliphatic rings. The van der Waals surface area contributed by atoms with Gasteiger partial charge in [0, 0.05) is 13.0 Å². The Hall–Kier alpha value is -1.10. The second-order valence-corrected chi connectivity index (χ2v) is 3.67. The third-order valence-corrected chi connectivity index (χ3v) is 2.40. The van der Waals surface area contributed by atoms with Crippen molar-refractivity contribution in [3.63, 3.8) is 0 Å². The third kappa shape index (κ3) is 4.18. The fourth-order valence-corrected chi connectivity index (χ4v) is 1.54. The van der Waals surface area contributed by atoms with E-state index >= 15 is 0 Å². The van der Waals surface area contributed by atoms with Crippen LogP contribution in [-0.4, -0.2) is 49.2 Å². The summed E-state index contributed by atoms with van der Waals surface area (Å²) in [6.07, 6.45) is 1.15. The number of hydrogen-bond donors (Lipinski definition) is 0. The molecular formula is C11H19NO4. The molecule has 1 unspecified atom stereocenters. The Balaban J connectivity index is 2.04. The van der Waals surface area contributed by atoms with Crippen LogP contribution in [-0.2, 0) is 19.1 Å². The van der Waals surface area contributed by atoms with Crippen molar-refractivity contribution in [1.82, 2.24) is 4.90 Å². The zero-order chi connectivity index (χ0) is 12.0. The molecule has 1 saturated heterocycles. The van der Waals surface area contributed by atoms with Crippen molar-refractivity contribution >= 4 is 11.9 Å². The lowest BCUT2D eigenvalue weighted by atomic mass is 10.3. The summed E-state index contributed by atoms with van der Waals surface area (Å²) < 4.78 is 9.70. The van der Waals surface area contributed by atoms with E-state index < -0.39 is 0 Å². The molecule has 0 radical (unpaired) electrons. The van der Waals surface area contributed by atoms with Crippen LogP contribution in [0.5, 0.6) is 0 Å². The number of carbonyl (C=O) groups is 2. The van der Waals surface area contributed by atoms with Gasteiger partial charge in [-0.1, -0.05) is 0 Å². The van der Waals surface area contributed by atoms with E-state index in [4.69, 9.17) is 9.47 Å². The Morgan fingerprint density at radius 1 is 1.25 bits per heavy atom. The van der Waals surface area contributed by atoms with Crippen molar-refractivity contribution in [1.29, 1.82) is 0 Å². The lowest BCUT2D eigenvalue weighted by Crippen LogP contribution is -2.17. The number of hydrogen-bond acceptors (Lipinski definition) is 5. The monoisotopic (exact) mass is 229 g/mol. The molecule has 1 fully saturated rings. The van der Waals surface area contributed by atoms with Gasteiger partial charge in [0.25, 0.3) is 0 Å². The van der Waals surface area contributed by atoms with Crippen LogP contribution in [0, 0.1) is 0 Å². The Bertz CT molecular complexity index is 254. The second-order valence-electron chi connectivity index (χ2n) is 3.67. The van der Waals surface area contributed by atoms with E-state index in [9.17, 15) is 9.59 Å². The van der Waals surface area contributed by atoms with Crippen LogP contribution < -0.4 is 0 Å². The summed E-state index contributed by atoms with van der Waals surface area (Å²) in [7, 11) is 0. The number of nitrogens with zero attached hydrogens (tertiary/aromatic N) is 1. The molecule has 1 heterocycles. The lowest BCUT2D eigenvalue weighted by Gasteiger charge is -2.04. The van der Waals surface area contributed by atoms with E-state index in [-0.39, 0.29) is 18.0 Å². The summed E-state index contributed by atoms with van der Waals surface area (Å²) in [5.74, 6) is -0.323. The Labute approximate surface area is 95.7 Å². The highest BCUT2D eigenvalue weighted by Crippen LogP contribution is 2.19.